The highest BCUT2D eigenvalue weighted by molar-refractivity contribution is 5.43. The Morgan fingerprint density at radius 2 is 1.63 bits per heavy atom. The molecule has 2 aromatic carbocycles. The molecule has 0 aliphatic carbocycles. The standard InChI is InChI=1S/C16H17F2N/c1-12(13-5-3-2-4-6-13)7-8-19-16-10-14(17)9-15(18)11-16/h2-6,9-12,19H,7-8H2,1H3. The Morgan fingerprint density at radius 3 is 2.26 bits per heavy atom. The van der Waals surface area contributed by atoms with Crippen LogP contribution in [0.1, 0.15) is 24.8 Å². The largest absolute Gasteiger partial charge is 0.385 e. The lowest BCUT2D eigenvalue weighted by atomic mass is 9.98. The summed E-state index contributed by atoms with van der Waals surface area (Å²) in [6.07, 6.45) is 0.905. The molecule has 0 aromatic heterocycles. The minimum Gasteiger partial charge on any atom is -0.385 e. The zero-order valence-electron chi connectivity index (χ0n) is 10.9. The first-order chi connectivity index (χ1) is 9.15. The molecule has 0 radical (unpaired) electrons. The molecule has 1 N–H and O–H groups in total. The van der Waals surface area contributed by atoms with Crippen molar-refractivity contribution in [1.82, 2.24) is 0 Å². The van der Waals surface area contributed by atoms with Crippen LogP contribution in [0.25, 0.3) is 0 Å². The smallest absolute Gasteiger partial charge is 0.128 e. The zero-order valence-corrected chi connectivity index (χ0v) is 10.9. The molecule has 0 fully saturated rings. The van der Waals surface area contributed by atoms with Gasteiger partial charge in [0.15, 0.2) is 0 Å². The van der Waals surface area contributed by atoms with Gasteiger partial charge in [-0.2, -0.15) is 0 Å². The van der Waals surface area contributed by atoms with Gasteiger partial charge < -0.3 is 5.32 Å². The maximum Gasteiger partial charge on any atom is 0.128 e. The van der Waals surface area contributed by atoms with E-state index in [1.165, 1.54) is 17.7 Å². The highest BCUT2D eigenvalue weighted by atomic mass is 19.1. The van der Waals surface area contributed by atoms with Crippen LogP contribution in [0.4, 0.5) is 14.5 Å². The third kappa shape index (κ3) is 4.05. The Bertz CT molecular complexity index is 505. The van der Waals surface area contributed by atoms with Crippen LogP contribution >= 0.6 is 0 Å². The van der Waals surface area contributed by atoms with E-state index < -0.39 is 11.6 Å². The third-order valence-corrected chi connectivity index (χ3v) is 3.14. The van der Waals surface area contributed by atoms with Gasteiger partial charge in [-0.3, -0.25) is 0 Å². The van der Waals surface area contributed by atoms with Crippen LogP contribution < -0.4 is 5.32 Å². The van der Waals surface area contributed by atoms with Crippen LogP contribution in [0.2, 0.25) is 0 Å². The maximum atomic E-state index is 13.0. The van der Waals surface area contributed by atoms with Crippen molar-refractivity contribution in [2.45, 2.75) is 19.3 Å². The van der Waals surface area contributed by atoms with Crippen molar-refractivity contribution < 1.29 is 8.78 Å². The van der Waals surface area contributed by atoms with E-state index in [9.17, 15) is 8.78 Å². The van der Waals surface area contributed by atoms with Gasteiger partial charge in [-0.05, 0) is 30.0 Å². The van der Waals surface area contributed by atoms with Gasteiger partial charge in [0, 0.05) is 18.3 Å². The Balaban J connectivity index is 1.86. The zero-order chi connectivity index (χ0) is 13.7. The van der Waals surface area contributed by atoms with E-state index in [-0.39, 0.29) is 0 Å². The molecule has 2 rings (SSSR count). The fourth-order valence-electron chi connectivity index (χ4n) is 2.04. The Labute approximate surface area is 112 Å². The van der Waals surface area contributed by atoms with Crippen molar-refractivity contribution in [2.75, 3.05) is 11.9 Å². The van der Waals surface area contributed by atoms with E-state index >= 15 is 0 Å². The molecule has 3 heteroatoms. The monoisotopic (exact) mass is 261 g/mol. The molecule has 0 saturated heterocycles. The van der Waals surface area contributed by atoms with E-state index in [1.54, 1.807) is 0 Å². The van der Waals surface area contributed by atoms with Crippen LogP contribution in [0.3, 0.4) is 0 Å². The van der Waals surface area contributed by atoms with Crippen molar-refractivity contribution in [3.63, 3.8) is 0 Å². The van der Waals surface area contributed by atoms with Crippen LogP contribution in [0, 0.1) is 11.6 Å². The van der Waals surface area contributed by atoms with E-state index in [0.29, 0.717) is 18.2 Å². The normalized spacial score (nSPS) is 12.2. The predicted octanol–water partition coefficient (Wildman–Crippen LogP) is 4.57. The molecule has 100 valence electrons. The summed E-state index contributed by atoms with van der Waals surface area (Å²) in [5, 5.41) is 3.05. The Morgan fingerprint density at radius 1 is 1.00 bits per heavy atom. The van der Waals surface area contributed by atoms with Gasteiger partial charge in [-0.25, -0.2) is 8.78 Å². The van der Waals surface area contributed by atoms with Gasteiger partial charge in [0.25, 0.3) is 0 Å². The molecule has 2 aromatic rings. The van der Waals surface area contributed by atoms with E-state index in [1.807, 2.05) is 18.2 Å². The van der Waals surface area contributed by atoms with Gasteiger partial charge in [-0.1, -0.05) is 37.3 Å². The van der Waals surface area contributed by atoms with Gasteiger partial charge in [0.2, 0.25) is 0 Å². The summed E-state index contributed by atoms with van der Waals surface area (Å²) in [5.41, 5.74) is 1.76. The molecule has 0 heterocycles. The summed E-state index contributed by atoms with van der Waals surface area (Å²) in [7, 11) is 0. The van der Waals surface area contributed by atoms with Crippen molar-refractivity contribution in [1.29, 1.82) is 0 Å². The number of rotatable bonds is 5. The number of halogens is 2. The van der Waals surface area contributed by atoms with Crippen LogP contribution in [0.15, 0.2) is 48.5 Å². The molecule has 0 bridgehead atoms. The lowest BCUT2D eigenvalue weighted by Gasteiger charge is -2.13. The molecule has 19 heavy (non-hydrogen) atoms. The predicted molar refractivity (Wildman–Crippen MR) is 74.3 cm³/mol. The topological polar surface area (TPSA) is 12.0 Å². The summed E-state index contributed by atoms with van der Waals surface area (Å²) < 4.78 is 26.0. The second kappa shape index (κ2) is 6.32. The van der Waals surface area contributed by atoms with Crippen LogP contribution in [-0.4, -0.2) is 6.54 Å². The summed E-state index contributed by atoms with van der Waals surface area (Å²) >= 11 is 0. The van der Waals surface area contributed by atoms with Crippen molar-refractivity contribution in [3.8, 4) is 0 Å². The number of hydrogen-bond donors (Lipinski definition) is 1. The van der Waals surface area contributed by atoms with Crippen molar-refractivity contribution in [3.05, 3.63) is 65.7 Å². The average Bonchev–Trinajstić information content (AvgIpc) is 2.38. The molecule has 0 aliphatic heterocycles. The molecule has 0 saturated carbocycles. The van der Waals surface area contributed by atoms with E-state index in [2.05, 4.69) is 24.4 Å². The molecule has 0 aliphatic rings. The molecular weight excluding hydrogens is 244 g/mol. The molecule has 1 unspecified atom stereocenters. The molecule has 0 spiro atoms. The van der Waals surface area contributed by atoms with Gasteiger partial charge in [-0.15, -0.1) is 0 Å². The molecule has 0 amide bonds. The summed E-state index contributed by atoms with van der Waals surface area (Å²) in [4.78, 5) is 0. The number of benzene rings is 2. The lowest BCUT2D eigenvalue weighted by Crippen LogP contribution is -2.06. The second-order valence-electron chi connectivity index (χ2n) is 4.69. The van der Waals surface area contributed by atoms with E-state index in [4.69, 9.17) is 0 Å². The van der Waals surface area contributed by atoms with Gasteiger partial charge in [0.1, 0.15) is 11.6 Å². The first-order valence-corrected chi connectivity index (χ1v) is 6.40. The minimum absolute atomic E-state index is 0.409. The minimum atomic E-state index is -0.557. The van der Waals surface area contributed by atoms with Crippen LogP contribution in [0.5, 0.6) is 0 Å². The fourth-order valence-corrected chi connectivity index (χ4v) is 2.04. The number of anilines is 1. The van der Waals surface area contributed by atoms with Crippen LogP contribution in [-0.2, 0) is 0 Å². The van der Waals surface area contributed by atoms with Gasteiger partial charge >= 0.3 is 0 Å². The average molecular weight is 261 g/mol. The highest BCUT2D eigenvalue weighted by Gasteiger charge is 2.05. The molecule has 1 nitrogen and oxygen atoms in total. The third-order valence-electron chi connectivity index (χ3n) is 3.14. The summed E-state index contributed by atoms with van der Waals surface area (Å²) in [5.74, 6) is -0.704. The molecular formula is C16H17F2N. The molecule has 1 atom stereocenters. The second-order valence-corrected chi connectivity index (χ2v) is 4.69. The SMILES string of the molecule is CC(CCNc1cc(F)cc(F)c1)c1ccccc1. The first-order valence-electron chi connectivity index (χ1n) is 6.40. The van der Waals surface area contributed by atoms with E-state index in [0.717, 1.165) is 12.5 Å². The fraction of sp³-hybridized carbons (Fsp3) is 0.250. The Hall–Kier alpha value is -1.90. The van der Waals surface area contributed by atoms with Gasteiger partial charge in [0.05, 0.1) is 0 Å². The Kier molecular flexibility index (Phi) is 4.50. The van der Waals surface area contributed by atoms with Crippen molar-refractivity contribution >= 4 is 5.69 Å². The quantitative estimate of drug-likeness (QED) is 0.831. The lowest BCUT2D eigenvalue weighted by molar-refractivity contribution is 0.584. The number of hydrogen-bond acceptors (Lipinski definition) is 1. The first kappa shape index (κ1) is 13.5. The van der Waals surface area contributed by atoms with Crippen molar-refractivity contribution in [2.24, 2.45) is 0 Å². The maximum absolute atomic E-state index is 13.0. The number of nitrogens with one attached hydrogen (secondary N) is 1. The highest BCUT2D eigenvalue weighted by Crippen LogP contribution is 2.19. The summed E-state index contributed by atoms with van der Waals surface area (Å²) in [6, 6.07) is 13.7. The summed E-state index contributed by atoms with van der Waals surface area (Å²) in [6.45, 7) is 2.82.